The van der Waals surface area contributed by atoms with Gasteiger partial charge in [0.15, 0.2) is 0 Å². The van der Waals surface area contributed by atoms with Gasteiger partial charge in [-0.1, -0.05) is 47.5 Å². The molecule has 0 heterocycles. The van der Waals surface area contributed by atoms with Crippen molar-refractivity contribution in [1.29, 1.82) is 0 Å². The Morgan fingerprint density at radius 2 is 1.70 bits per heavy atom. The van der Waals surface area contributed by atoms with E-state index in [2.05, 4.69) is 0 Å². The van der Waals surface area contributed by atoms with Crippen LogP contribution in [0.15, 0.2) is 48.5 Å². The Morgan fingerprint density at radius 3 is 2.30 bits per heavy atom. The van der Waals surface area contributed by atoms with Crippen molar-refractivity contribution < 1.29 is 4.74 Å². The lowest BCUT2D eigenvalue weighted by Crippen LogP contribution is -2.38. The third kappa shape index (κ3) is 4.14. The number of nitrogens with two attached hydrogens (primary N) is 1. The fraction of sp³-hybridized carbons (Fsp3) is 0.250. The zero-order chi connectivity index (χ0) is 14.5. The number of halogens is 2. The molecule has 0 radical (unpaired) electrons. The van der Waals surface area contributed by atoms with E-state index in [9.17, 15) is 0 Å². The van der Waals surface area contributed by atoms with Crippen molar-refractivity contribution in [3.8, 4) is 5.75 Å². The van der Waals surface area contributed by atoms with Crippen molar-refractivity contribution in [2.75, 3.05) is 0 Å². The molecule has 0 aliphatic carbocycles. The van der Waals surface area contributed by atoms with Crippen LogP contribution in [0.25, 0.3) is 0 Å². The van der Waals surface area contributed by atoms with Gasteiger partial charge >= 0.3 is 0 Å². The first-order chi connectivity index (χ1) is 9.56. The molecule has 0 spiro atoms. The van der Waals surface area contributed by atoms with E-state index in [1.165, 1.54) is 0 Å². The van der Waals surface area contributed by atoms with Crippen LogP contribution in [-0.2, 0) is 6.42 Å². The third-order valence-electron chi connectivity index (χ3n) is 3.05. The van der Waals surface area contributed by atoms with E-state index in [0.717, 1.165) is 10.6 Å². The summed E-state index contributed by atoms with van der Waals surface area (Å²) in [5, 5.41) is 1.31. The lowest BCUT2D eigenvalue weighted by molar-refractivity contribution is 0.177. The van der Waals surface area contributed by atoms with Crippen molar-refractivity contribution in [3.63, 3.8) is 0 Å². The Bertz CT molecular complexity index is 555. The summed E-state index contributed by atoms with van der Waals surface area (Å²) in [6.45, 7) is 1.93. The van der Waals surface area contributed by atoms with Gasteiger partial charge < -0.3 is 10.5 Å². The average molecular weight is 310 g/mol. The molecule has 2 aromatic rings. The molecule has 2 rings (SSSR count). The molecular weight excluding hydrogens is 293 g/mol. The number of ether oxygens (including phenoxy) is 1. The highest BCUT2D eigenvalue weighted by Crippen LogP contribution is 2.25. The Balaban J connectivity index is 2.11. The highest BCUT2D eigenvalue weighted by molar-refractivity contribution is 6.32. The fourth-order valence-electron chi connectivity index (χ4n) is 1.89. The van der Waals surface area contributed by atoms with Gasteiger partial charge in [0.2, 0.25) is 0 Å². The van der Waals surface area contributed by atoms with Gasteiger partial charge in [0, 0.05) is 17.5 Å². The van der Waals surface area contributed by atoms with Crippen LogP contribution >= 0.6 is 23.2 Å². The molecule has 20 heavy (non-hydrogen) atoms. The molecule has 0 fully saturated rings. The minimum atomic E-state index is -0.143. The summed E-state index contributed by atoms with van der Waals surface area (Å²) >= 11 is 12.0. The first-order valence-corrected chi connectivity index (χ1v) is 7.23. The maximum Gasteiger partial charge on any atom is 0.138 e. The normalized spacial score (nSPS) is 13.8. The number of hydrogen-bond donors (Lipinski definition) is 1. The summed E-state index contributed by atoms with van der Waals surface area (Å²) in [5.74, 6) is 0.658. The van der Waals surface area contributed by atoms with Crippen molar-refractivity contribution in [3.05, 3.63) is 64.1 Å². The van der Waals surface area contributed by atoms with Gasteiger partial charge in [0.05, 0.1) is 5.02 Å². The maximum atomic E-state index is 6.11. The number of benzene rings is 2. The molecule has 0 saturated heterocycles. The van der Waals surface area contributed by atoms with Crippen LogP contribution in [0.1, 0.15) is 12.5 Å². The number of para-hydroxylation sites is 1. The van der Waals surface area contributed by atoms with E-state index < -0.39 is 0 Å². The maximum absolute atomic E-state index is 6.11. The molecule has 0 aliphatic heterocycles. The van der Waals surface area contributed by atoms with Crippen molar-refractivity contribution in [2.45, 2.75) is 25.5 Å². The lowest BCUT2D eigenvalue weighted by Gasteiger charge is -2.23. The number of rotatable bonds is 5. The minimum Gasteiger partial charge on any atom is -0.487 e. The molecule has 2 nitrogen and oxygen atoms in total. The molecule has 2 unspecified atom stereocenters. The van der Waals surface area contributed by atoms with Crippen molar-refractivity contribution in [2.24, 2.45) is 5.73 Å². The zero-order valence-corrected chi connectivity index (χ0v) is 12.7. The van der Waals surface area contributed by atoms with Gasteiger partial charge in [-0.2, -0.15) is 0 Å². The largest absolute Gasteiger partial charge is 0.487 e. The van der Waals surface area contributed by atoms with Crippen LogP contribution in [0, 0.1) is 0 Å². The molecule has 0 saturated carbocycles. The molecular formula is C16H17Cl2NO. The topological polar surface area (TPSA) is 35.2 Å². The minimum absolute atomic E-state index is 0.109. The van der Waals surface area contributed by atoms with Gasteiger partial charge in [-0.15, -0.1) is 0 Å². The second-order valence-electron chi connectivity index (χ2n) is 4.78. The Hall–Kier alpha value is -1.22. The Labute approximate surface area is 129 Å². The zero-order valence-electron chi connectivity index (χ0n) is 11.2. The van der Waals surface area contributed by atoms with Crippen LogP contribution in [0.4, 0.5) is 0 Å². The van der Waals surface area contributed by atoms with Gasteiger partial charge in [-0.3, -0.25) is 0 Å². The summed E-state index contributed by atoms with van der Waals surface area (Å²) in [6.07, 6.45) is 0.566. The van der Waals surface area contributed by atoms with E-state index in [-0.39, 0.29) is 12.1 Å². The average Bonchev–Trinajstić information content (AvgIpc) is 2.42. The van der Waals surface area contributed by atoms with E-state index in [1.54, 1.807) is 6.07 Å². The Kier molecular flexibility index (Phi) is 5.30. The van der Waals surface area contributed by atoms with Crippen LogP contribution in [0.3, 0.4) is 0 Å². The summed E-state index contributed by atoms with van der Waals surface area (Å²) in [5.41, 5.74) is 7.15. The van der Waals surface area contributed by atoms with E-state index >= 15 is 0 Å². The van der Waals surface area contributed by atoms with E-state index in [0.29, 0.717) is 17.2 Å². The van der Waals surface area contributed by atoms with Gasteiger partial charge in [-0.25, -0.2) is 0 Å². The molecule has 0 aromatic heterocycles. The molecule has 0 bridgehead atoms. The molecule has 0 aliphatic rings. The van der Waals surface area contributed by atoms with Crippen LogP contribution < -0.4 is 10.5 Å². The monoisotopic (exact) mass is 309 g/mol. The summed E-state index contributed by atoms with van der Waals surface area (Å²) in [6, 6.07) is 15.0. The summed E-state index contributed by atoms with van der Waals surface area (Å²) < 4.78 is 5.95. The lowest BCUT2D eigenvalue weighted by atomic mass is 10.0. The van der Waals surface area contributed by atoms with Crippen LogP contribution in [-0.4, -0.2) is 12.1 Å². The molecule has 2 N–H and O–H groups in total. The van der Waals surface area contributed by atoms with Crippen LogP contribution in [0.2, 0.25) is 10.0 Å². The molecule has 106 valence electrons. The smallest absolute Gasteiger partial charge is 0.138 e. The third-order valence-corrected chi connectivity index (χ3v) is 3.62. The second kappa shape index (κ2) is 6.98. The van der Waals surface area contributed by atoms with Crippen molar-refractivity contribution >= 4 is 23.2 Å². The molecule has 4 heteroatoms. The summed E-state index contributed by atoms with van der Waals surface area (Å²) in [7, 11) is 0. The SMILES string of the molecule is CC(N)C(Cc1ccc(Cl)cc1)Oc1ccccc1Cl. The van der Waals surface area contributed by atoms with Gasteiger partial charge in [0.25, 0.3) is 0 Å². The Morgan fingerprint density at radius 1 is 1.05 bits per heavy atom. The van der Waals surface area contributed by atoms with E-state index in [1.807, 2.05) is 49.4 Å². The van der Waals surface area contributed by atoms with E-state index in [4.69, 9.17) is 33.7 Å². The molecule has 2 atom stereocenters. The highest BCUT2D eigenvalue weighted by Gasteiger charge is 2.17. The van der Waals surface area contributed by atoms with Gasteiger partial charge in [-0.05, 0) is 36.8 Å². The van der Waals surface area contributed by atoms with Crippen LogP contribution in [0.5, 0.6) is 5.75 Å². The molecule has 0 amide bonds. The van der Waals surface area contributed by atoms with Crippen molar-refractivity contribution in [1.82, 2.24) is 0 Å². The first kappa shape index (κ1) is 15.2. The standard InChI is InChI=1S/C16H17Cl2NO/c1-11(19)16(10-12-6-8-13(17)9-7-12)20-15-5-3-2-4-14(15)18/h2-9,11,16H,10,19H2,1H3. The highest BCUT2D eigenvalue weighted by atomic mass is 35.5. The first-order valence-electron chi connectivity index (χ1n) is 6.47. The predicted molar refractivity (Wildman–Crippen MR) is 84.7 cm³/mol. The number of hydrogen-bond acceptors (Lipinski definition) is 2. The molecule has 2 aromatic carbocycles. The second-order valence-corrected chi connectivity index (χ2v) is 5.62. The van der Waals surface area contributed by atoms with Gasteiger partial charge in [0.1, 0.15) is 11.9 Å². The predicted octanol–water partition coefficient (Wildman–Crippen LogP) is 4.33. The fourth-order valence-corrected chi connectivity index (χ4v) is 2.20. The summed E-state index contributed by atoms with van der Waals surface area (Å²) in [4.78, 5) is 0. The quantitative estimate of drug-likeness (QED) is 0.892.